The van der Waals surface area contributed by atoms with Crippen LogP contribution in [-0.4, -0.2) is 45.9 Å². The van der Waals surface area contributed by atoms with E-state index in [2.05, 4.69) is 15.6 Å². The molecule has 2 amide bonds. The van der Waals surface area contributed by atoms with E-state index in [0.717, 1.165) is 17.9 Å². The molecular formula is C21H30ClN5O2. The molecule has 2 aromatic rings. The Bertz CT molecular complexity index is 842. The molecule has 0 spiro atoms. The smallest absolute Gasteiger partial charge is 0.254 e. The van der Waals surface area contributed by atoms with Gasteiger partial charge in [-0.25, -0.2) is 4.98 Å². The molecule has 29 heavy (non-hydrogen) atoms. The first-order chi connectivity index (χ1) is 13.3. The number of rotatable bonds is 4. The Morgan fingerprint density at radius 2 is 1.93 bits per heavy atom. The summed E-state index contributed by atoms with van der Waals surface area (Å²) < 4.78 is 1.96. The van der Waals surface area contributed by atoms with E-state index in [1.54, 1.807) is 6.20 Å². The Morgan fingerprint density at radius 1 is 1.24 bits per heavy atom. The number of amides is 2. The molecule has 1 atom stereocenters. The Balaban J connectivity index is 0.00000300. The average Bonchev–Trinajstić information content (AvgIpc) is 3.11. The molecule has 1 aromatic heterocycles. The number of hydrogen-bond acceptors (Lipinski definition) is 4. The lowest BCUT2D eigenvalue weighted by Crippen LogP contribution is -2.49. The van der Waals surface area contributed by atoms with Gasteiger partial charge >= 0.3 is 0 Å². The van der Waals surface area contributed by atoms with Crippen molar-refractivity contribution in [1.29, 1.82) is 0 Å². The van der Waals surface area contributed by atoms with Crippen LogP contribution in [-0.2, 0) is 18.4 Å². The first-order valence-corrected chi connectivity index (χ1v) is 9.63. The highest BCUT2D eigenvalue weighted by Crippen LogP contribution is 2.23. The van der Waals surface area contributed by atoms with Crippen LogP contribution in [0, 0.1) is 5.41 Å². The second kappa shape index (κ2) is 9.41. The SMILES string of the molecule is Cl.Cn1ccnc1C1CNCCN1C(=O)c1ccc(CNC(=O)C(C)(C)C)cc1. The maximum Gasteiger partial charge on any atom is 0.254 e. The number of halogens is 1. The first-order valence-electron chi connectivity index (χ1n) is 9.63. The van der Waals surface area contributed by atoms with Gasteiger partial charge in [0.05, 0.1) is 0 Å². The lowest BCUT2D eigenvalue weighted by atomic mass is 9.95. The third-order valence-corrected chi connectivity index (χ3v) is 5.00. The van der Waals surface area contributed by atoms with Crippen molar-refractivity contribution < 1.29 is 9.59 Å². The van der Waals surface area contributed by atoms with Crippen molar-refractivity contribution in [2.24, 2.45) is 12.5 Å². The van der Waals surface area contributed by atoms with Crippen molar-refractivity contribution in [3.05, 3.63) is 53.6 Å². The van der Waals surface area contributed by atoms with Gasteiger partial charge in [-0.05, 0) is 17.7 Å². The van der Waals surface area contributed by atoms with Gasteiger partial charge in [0, 0.05) is 56.6 Å². The fourth-order valence-corrected chi connectivity index (χ4v) is 3.25. The highest BCUT2D eigenvalue weighted by molar-refractivity contribution is 5.94. The highest BCUT2D eigenvalue weighted by atomic mass is 35.5. The maximum atomic E-state index is 13.1. The van der Waals surface area contributed by atoms with Crippen LogP contribution in [0.1, 0.15) is 48.6 Å². The van der Waals surface area contributed by atoms with Crippen LogP contribution in [0.15, 0.2) is 36.7 Å². The molecule has 1 aliphatic heterocycles. The molecule has 1 saturated heterocycles. The molecule has 1 unspecified atom stereocenters. The maximum absolute atomic E-state index is 13.1. The number of imidazole rings is 1. The highest BCUT2D eigenvalue weighted by Gasteiger charge is 2.31. The summed E-state index contributed by atoms with van der Waals surface area (Å²) in [5.41, 5.74) is 1.19. The molecule has 0 radical (unpaired) electrons. The largest absolute Gasteiger partial charge is 0.352 e. The Morgan fingerprint density at radius 3 is 2.52 bits per heavy atom. The summed E-state index contributed by atoms with van der Waals surface area (Å²) in [6.45, 7) is 8.20. The number of benzene rings is 1. The summed E-state index contributed by atoms with van der Waals surface area (Å²) in [5.74, 6) is 0.883. The minimum atomic E-state index is -0.418. The minimum Gasteiger partial charge on any atom is -0.352 e. The Hall–Kier alpha value is -2.38. The van der Waals surface area contributed by atoms with Crippen LogP contribution in [0.2, 0.25) is 0 Å². The zero-order valence-electron chi connectivity index (χ0n) is 17.4. The summed E-state index contributed by atoms with van der Waals surface area (Å²) in [5, 5.41) is 6.28. The molecule has 3 rings (SSSR count). The number of hydrogen-bond donors (Lipinski definition) is 2. The molecule has 0 bridgehead atoms. The summed E-state index contributed by atoms with van der Waals surface area (Å²) in [7, 11) is 1.94. The quantitative estimate of drug-likeness (QED) is 0.796. The molecule has 8 heteroatoms. The molecule has 0 saturated carbocycles. The van der Waals surface area contributed by atoms with Crippen LogP contribution in [0.3, 0.4) is 0 Å². The minimum absolute atomic E-state index is 0. The number of aryl methyl sites for hydroxylation is 1. The lowest BCUT2D eigenvalue weighted by molar-refractivity contribution is -0.128. The van der Waals surface area contributed by atoms with Gasteiger partial charge in [-0.3, -0.25) is 9.59 Å². The summed E-state index contributed by atoms with van der Waals surface area (Å²) in [6.07, 6.45) is 3.65. The normalized spacial score (nSPS) is 16.8. The van der Waals surface area contributed by atoms with E-state index in [4.69, 9.17) is 0 Å². The van der Waals surface area contributed by atoms with Crippen molar-refractivity contribution in [2.75, 3.05) is 19.6 Å². The molecule has 1 aromatic carbocycles. The van der Waals surface area contributed by atoms with Gasteiger partial charge in [-0.1, -0.05) is 32.9 Å². The Kier molecular flexibility index (Phi) is 7.43. The standard InChI is InChI=1S/C21H29N5O2.ClH/c1-21(2,3)20(28)24-13-15-5-7-16(8-6-15)19(27)26-12-9-22-14-17(26)18-23-10-11-25(18)4;/h5-8,10-11,17,22H,9,12-14H2,1-4H3,(H,24,28);1H. The number of nitrogens with zero attached hydrogens (tertiary/aromatic N) is 3. The monoisotopic (exact) mass is 419 g/mol. The summed E-state index contributed by atoms with van der Waals surface area (Å²) in [6, 6.07) is 7.37. The van der Waals surface area contributed by atoms with E-state index in [9.17, 15) is 9.59 Å². The number of carbonyl (C=O) groups excluding carboxylic acids is 2. The molecule has 2 heterocycles. The van der Waals surface area contributed by atoms with Gasteiger partial charge in [0.1, 0.15) is 11.9 Å². The zero-order valence-corrected chi connectivity index (χ0v) is 18.3. The molecule has 2 N–H and O–H groups in total. The fraction of sp³-hybridized carbons (Fsp3) is 0.476. The van der Waals surface area contributed by atoms with Crippen LogP contribution < -0.4 is 10.6 Å². The van der Waals surface area contributed by atoms with Gasteiger partial charge in [0.2, 0.25) is 5.91 Å². The van der Waals surface area contributed by atoms with E-state index < -0.39 is 5.41 Å². The van der Waals surface area contributed by atoms with E-state index in [0.29, 0.717) is 25.2 Å². The van der Waals surface area contributed by atoms with Crippen molar-refractivity contribution in [2.45, 2.75) is 33.4 Å². The van der Waals surface area contributed by atoms with E-state index in [1.807, 2.05) is 67.7 Å². The van der Waals surface area contributed by atoms with Crippen LogP contribution in [0.25, 0.3) is 0 Å². The number of carbonyl (C=O) groups is 2. The third kappa shape index (κ3) is 5.36. The summed E-state index contributed by atoms with van der Waals surface area (Å²) >= 11 is 0. The Labute approximate surface area is 178 Å². The number of nitrogens with one attached hydrogen (secondary N) is 2. The van der Waals surface area contributed by atoms with Gasteiger partial charge in [-0.2, -0.15) is 0 Å². The third-order valence-electron chi connectivity index (χ3n) is 5.00. The first kappa shape index (κ1) is 22.9. The molecule has 7 nitrogen and oxygen atoms in total. The topological polar surface area (TPSA) is 79.3 Å². The van der Waals surface area contributed by atoms with Gasteiger partial charge in [0.15, 0.2) is 0 Å². The summed E-state index contributed by atoms with van der Waals surface area (Å²) in [4.78, 5) is 31.4. The van der Waals surface area contributed by atoms with E-state index in [1.165, 1.54) is 0 Å². The van der Waals surface area contributed by atoms with Crippen molar-refractivity contribution in [3.8, 4) is 0 Å². The lowest BCUT2D eigenvalue weighted by Gasteiger charge is -2.35. The van der Waals surface area contributed by atoms with Crippen LogP contribution >= 0.6 is 12.4 Å². The fourth-order valence-electron chi connectivity index (χ4n) is 3.25. The van der Waals surface area contributed by atoms with Crippen LogP contribution in [0.5, 0.6) is 0 Å². The van der Waals surface area contributed by atoms with Crippen molar-refractivity contribution >= 4 is 24.2 Å². The molecule has 1 fully saturated rings. The number of piperazine rings is 1. The second-order valence-electron chi connectivity index (χ2n) is 8.24. The predicted molar refractivity (Wildman–Crippen MR) is 115 cm³/mol. The van der Waals surface area contributed by atoms with Gasteiger partial charge in [-0.15, -0.1) is 12.4 Å². The van der Waals surface area contributed by atoms with Crippen molar-refractivity contribution in [3.63, 3.8) is 0 Å². The predicted octanol–water partition coefficient (Wildman–Crippen LogP) is 2.29. The van der Waals surface area contributed by atoms with E-state index in [-0.39, 0.29) is 30.3 Å². The second-order valence-corrected chi connectivity index (χ2v) is 8.24. The van der Waals surface area contributed by atoms with Crippen molar-refractivity contribution in [1.82, 2.24) is 25.1 Å². The molecular weight excluding hydrogens is 390 g/mol. The van der Waals surface area contributed by atoms with Gasteiger partial charge in [0.25, 0.3) is 5.91 Å². The van der Waals surface area contributed by atoms with E-state index >= 15 is 0 Å². The number of aromatic nitrogens is 2. The molecule has 1 aliphatic rings. The molecule has 0 aliphatic carbocycles. The van der Waals surface area contributed by atoms with Gasteiger partial charge < -0.3 is 20.1 Å². The van der Waals surface area contributed by atoms with Crippen LogP contribution in [0.4, 0.5) is 0 Å². The molecule has 158 valence electrons. The zero-order chi connectivity index (χ0) is 20.3. The average molecular weight is 420 g/mol.